The zero-order valence-electron chi connectivity index (χ0n) is 19.1. The molecule has 0 aromatic heterocycles. The van der Waals surface area contributed by atoms with Gasteiger partial charge in [0.2, 0.25) is 10.0 Å². The molecule has 0 fully saturated rings. The molecule has 3 aromatic rings. The topological polar surface area (TPSA) is 122 Å². The number of rotatable bonds is 8. The predicted octanol–water partition coefficient (Wildman–Crippen LogP) is 3.31. The molecule has 0 bridgehead atoms. The summed E-state index contributed by atoms with van der Waals surface area (Å²) in [5, 5.41) is 2.65. The Morgan fingerprint density at radius 3 is 2.00 bits per heavy atom. The Kier molecular flexibility index (Phi) is 7.29. The second-order valence-corrected chi connectivity index (χ2v) is 11.4. The number of carbonyl (C=O) groups is 1. The fourth-order valence-corrected chi connectivity index (χ4v) is 5.26. The maximum absolute atomic E-state index is 13.0. The molecular weight excluding hydrogens is 478 g/mol. The Labute approximate surface area is 199 Å². The van der Waals surface area contributed by atoms with Gasteiger partial charge in [0.05, 0.1) is 16.9 Å². The van der Waals surface area contributed by atoms with Gasteiger partial charge in [-0.2, -0.15) is 0 Å². The quantitative estimate of drug-likeness (QED) is 0.486. The zero-order valence-corrected chi connectivity index (χ0v) is 20.7. The van der Waals surface area contributed by atoms with E-state index in [2.05, 4.69) is 10.0 Å². The summed E-state index contributed by atoms with van der Waals surface area (Å²) in [6, 6.07) is 16.4. The molecule has 0 aliphatic rings. The Balaban J connectivity index is 1.81. The summed E-state index contributed by atoms with van der Waals surface area (Å²) in [6.07, 6.45) is 0. The van der Waals surface area contributed by atoms with E-state index < -0.39 is 26.0 Å². The van der Waals surface area contributed by atoms with Gasteiger partial charge >= 0.3 is 0 Å². The number of amides is 1. The molecular formula is C23H25N3O6S2. The number of hydrogen-bond donors (Lipinski definition) is 2. The first-order valence-corrected chi connectivity index (χ1v) is 13.0. The van der Waals surface area contributed by atoms with Crippen LogP contribution in [0.2, 0.25) is 0 Å². The number of nitrogens with zero attached hydrogens (tertiary/aromatic N) is 1. The molecule has 0 aliphatic heterocycles. The third-order valence-corrected chi connectivity index (χ3v) is 8.33. The number of hydrogen-bond acceptors (Lipinski definition) is 6. The molecule has 0 saturated carbocycles. The SMILES string of the molecule is COc1ccc(NS(=O)(=O)c2cc(NC(=O)c3ccc(S(=O)(=O)N(C)C)cc3)ccc2C)cc1. The maximum Gasteiger partial charge on any atom is 0.262 e. The molecule has 3 aromatic carbocycles. The van der Waals surface area contributed by atoms with Crippen LogP contribution < -0.4 is 14.8 Å². The van der Waals surface area contributed by atoms with Gasteiger partial charge in [0.1, 0.15) is 5.75 Å². The third kappa shape index (κ3) is 5.56. The minimum atomic E-state index is -3.93. The number of nitrogens with one attached hydrogen (secondary N) is 2. The number of sulfonamides is 2. The first kappa shape index (κ1) is 25.2. The Bertz CT molecular complexity index is 1400. The predicted molar refractivity (Wildman–Crippen MR) is 130 cm³/mol. The van der Waals surface area contributed by atoms with Gasteiger partial charge in [-0.15, -0.1) is 0 Å². The third-order valence-electron chi connectivity index (χ3n) is 4.97. The monoisotopic (exact) mass is 503 g/mol. The molecule has 11 heteroatoms. The van der Waals surface area contributed by atoms with Crippen LogP contribution in [0, 0.1) is 6.92 Å². The lowest BCUT2D eigenvalue weighted by atomic mass is 10.2. The van der Waals surface area contributed by atoms with Gasteiger partial charge in [-0.25, -0.2) is 21.1 Å². The summed E-state index contributed by atoms with van der Waals surface area (Å²) in [5.74, 6) is 0.0836. The van der Waals surface area contributed by atoms with Gasteiger partial charge < -0.3 is 10.1 Å². The number of carbonyl (C=O) groups excluding carboxylic acids is 1. The van der Waals surface area contributed by atoms with E-state index in [1.54, 1.807) is 43.3 Å². The Hall–Kier alpha value is -3.41. The van der Waals surface area contributed by atoms with E-state index in [0.29, 0.717) is 17.0 Å². The molecule has 9 nitrogen and oxygen atoms in total. The van der Waals surface area contributed by atoms with E-state index >= 15 is 0 Å². The second-order valence-electron chi connectivity index (χ2n) is 7.58. The lowest BCUT2D eigenvalue weighted by Crippen LogP contribution is -2.22. The molecule has 0 spiro atoms. The fraction of sp³-hybridized carbons (Fsp3) is 0.174. The lowest BCUT2D eigenvalue weighted by Gasteiger charge is -2.13. The summed E-state index contributed by atoms with van der Waals surface area (Å²) < 4.78 is 59.0. The lowest BCUT2D eigenvalue weighted by molar-refractivity contribution is 0.102. The van der Waals surface area contributed by atoms with Crippen molar-refractivity contribution in [2.24, 2.45) is 0 Å². The summed E-state index contributed by atoms with van der Waals surface area (Å²) in [7, 11) is -3.19. The van der Waals surface area contributed by atoms with Crippen molar-refractivity contribution in [2.75, 3.05) is 31.2 Å². The van der Waals surface area contributed by atoms with Crippen LogP contribution in [0.5, 0.6) is 5.75 Å². The van der Waals surface area contributed by atoms with E-state index in [-0.39, 0.29) is 21.0 Å². The first-order chi connectivity index (χ1) is 15.9. The van der Waals surface area contributed by atoms with E-state index in [4.69, 9.17) is 4.74 Å². The molecule has 0 aliphatic carbocycles. The largest absolute Gasteiger partial charge is 0.497 e. The fourth-order valence-electron chi connectivity index (χ4n) is 3.03. The van der Waals surface area contributed by atoms with Crippen LogP contribution in [-0.2, 0) is 20.0 Å². The highest BCUT2D eigenvalue weighted by Gasteiger charge is 2.20. The molecule has 3 rings (SSSR count). The average molecular weight is 504 g/mol. The van der Waals surface area contributed by atoms with Crippen LogP contribution in [0.25, 0.3) is 0 Å². The van der Waals surface area contributed by atoms with Crippen LogP contribution >= 0.6 is 0 Å². The second kappa shape index (κ2) is 9.84. The normalized spacial score (nSPS) is 11.8. The van der Waals surface area contributed by atoms with Crippen molar-refractivity contribution in [1.82, 2.24) is 4.31 Å². The first-order valence-electron chi connectivity index (χ1n) is 10.1. The molecule has 34 heavy (non-hydrogen) atoms. The Morgan fingerprint density at radius 2 is 1.44 bits per heavy atom. The van der Waals surface area contributed by atoms with Crippen molar-refractivity contribution in [1.29, 1.82) is 0 Å². The average Bonchev–Trinajstić information content (AvgIpc) is 2.80. The molecule has 2 N–H and O–H groups in total. The zero-order chi connectivity index (χ0) is 25.1. The van der Waals surface area contributed by atoms with Crippen molar-refractivity contribution in [2.45, 2.75) is 16.7 Å². The molecule has 0 heterocycles. The van der Waals surface area contributed by atoms with E-state index in [1.165, 1.54) is 51.5 Å². The molecule has 0 saturated heterocycles. The van der Waals surface area contributed by atoms with Crippen LogP contribution in [0.3, 0.4) is 0 Å². The molecule has 1 amide bonds. The number of anilines is 2. The van der Waals surface area contributed by atoms with Crippen LogP contribution in [0.15, 0.2) is 76.5 Å². The van der Waals surface area contributed by atoms with Crippen LogP contribution in [-0.4, -0.2) is 48.3 Å². The van der Waals surface area contributed by atoms with Crippen molar-refractivity contribution in [3.63, 3.8) is 0 Å². The highest BCUT2D eigenvalue weighted by molar-refractivity contribution is 7.92. The summed E-state index contributed by atoms with van der Waals surface area (Å²) >= 11 is 0. The summed E-state index contributed by atoms with van der Waals surface area (Å²) in [5.41, 5.74) is 1.36. The summed E-state index contributed by atoms with van der Waals surface area (Å²) in [6.45, 7) is 1.65. The van der Waals surface area contributed by atoms with Crippen molar-refractivity contribution >= 4 is 37.3 Å². The number of aryl methyl sites for hydroxylation is 1. The highest BCUT2D eigenvalue weighted by atomic mass is 32.2. The number of methoxy groups -OCH3 is 1. The molecule has 0 atom stereocenters. The van der Waals surface area contributed by atoms with Gasteiger partial charge in [0, 0.05) is 31.0 Å². The smallest absolute Gasteiger partial charge is 0.262 e. The standard InChI is InChI=1S/C23H25N3O6S2/c1-16-5-8-19(15-22(16)33(28,29)25-18-9-11-20(32-4)12-10-18)24-23(27)17-6-13-21(14-7-17)34(30,31)26(2)3/h5-15,25H,1-4H3,(H,24,27). The van der Waals surface area contributed by atoms with Gasteiger partial charge in [-0.05, 0) is 73.2 Å². The van der Waals surface area contributed by atoms with Crippen molar-refractivity contribution in [3.05, 3.63) is 77.9 Å². The molecule has 180 valence electrons. The van der Waals surface area contributed by atoms with Gasteiger partial charge in [-0.1, -0.05) is 6.07 Å². The van der Waals surface area contributed by atoms with Gasteiger partial charge in [0.15, 0.2) is 0 Å². The van der Waals surface area contributed by atoms with Crippen molar-refractivity contribution in [3.8, 4) is 5.75 Å². The molecule has 0 radical (unpaired) electrons. The minimum Gasteiger partial charge on any atom is -0.497 e. The molecule has 0 unspecified atom stereocenters. The van der Waals surface area contributed by atoms with Crippen LogP contribution in [0.1, 0.15) is 15.9 Å². The van der Waals surface area contributed by atoms with Gasteiger partial charge in [0.25, 0.3) is 15.9 Å². The minimum absolute atomic E-state index is 0.00791. The van der Waals surface area contributed by atoms with Gasteiger partial charge in [-0.3, -0.25) is 9.52 Å². The summed E-state index contributed by atoms with van der Waals surface area (Å²) in [4.78, 5) is 12.7. The highest BCUT2D eigenvalue weighted by Crippen LogP contribution is 2.24. The van der Waals surface area contributed by atoms with Crippen molar-refractivity contribution < 1.29 is 26.4 Å². The van der Waals surface area contributed by atoms with E-state index in [1.807, 2.05) is 0 Å². The number of ether oxygens (including phenoxy) is 1. The van der Waals surface area contributed by atoms with Crippen LogP contribution in [0.4, 0.5) is 11.4 Å². The van der Waals surface area contributed by atoms with E-state index in [0.717, 1.165) is 4.31 Å². The van der Waals surface area contributed by atoms with E-state index in [9.17, 15) is 21.6 Å². The Morgan fingerprint density at radius 1 is 0.853 bits per heavy atom. The maximum atomic E-state index is 13.0. The number of benzene rings is 3.